The molecule has 0 aromatic carbocycles. The molecule has 9 heteroatoms. The number of amides is 1. The lowest BCUT2D eigenvalue weighted by Crippen LogP contribution is -2.30. The third-order valence-corrected chi connectivity index (χ3v) is 2.76. The van der Waals surface area contributed by atoms with Crippen molar-refractivity contribution in [3.05, 3.63) is 11.8 Å². The van der Waals surface area contributed by atoms with Gasteiger partial charge in [-0.1, -0.05) is 0 Å². The van der Waals surface area contributed by atoms with Crippen LogP contribution < -0.4 is 10.1 Å². The monoisotopic (exact) mass is 289 g/mol. The van der Waals surface area contributed by atoms with Crippen molar-refractivity contribution in [2.24, 2.45) is 7.05 Å². The molecule has 0 aliphatic carbocycles. The molecule has 7 nitrogen and oxygen atoms in total. The highest BCUT2D eigenvalue weighted by Crippen LogP contribution is 2.16. The molecule has 0 radical (unpaired) electrons. The van der Waals surface area contributed by atoms with E-state index in [9.17, 15) is 18.4 Å². The first-order valence-corrected chi connectivity index (χ1v) is 5.91. The molecule has 1 atom stereocenters. The Balaban J connectivity index is 1.90. The van der Waals surface area contributed by atoms with Crippen molar-refractivity contribution in [2.45, 2.75) is 25.5 Å². The molecule has 0 saturated carbocycles. The molecule has 1 aliphatic rings. The van der Waals surface area contributed by atoms with Crippen LogP contribution in [0.15, 0.2) is 6.07 Å². The molecule has 110 valence electrons. The molecule has 2 heterocycles. The summed E-state index contributed by atoms with van der Waals surface area (Å²) in [6.45, 7) is -2.98. The van der Waals surface area contributed by atoms with E-state index in [4.69, 9.17) is 4.74 Å². The zero-order valence-corrected chi connectivity index (χ0v) is 10.6. The second-order valence-electron chi connectivity index (χ2n) is 4.27. The minimum atomic E-state index is -3.00. The highest BCUT2D eigenvalue weighted by Gasteiger charge is 2.23. The average molecular weight is 289 g/mol. The summed E-state index contributed by atoms with van der Waals surface area (Å²) in [5.74, 6) is -1.08. The Morgan fingerprint density at radius 3 is 3.00 bits per heavy atom. The van der Waals surface area contributed by atoms with E-state index in [0.29, 0.717) is 12.8 Å². The summed E-state index contributed by atoms with van der Waals surface area (Å²) in [5, 5.41) is 6.36. The zero-order chi connectivity index (χ0) is 14.7. The van der Waals surface area contributed by atoms with Crippen LogP contribution >= 0.6 is 0 Å². The number of halogens is 2. The molecule has 1 amide bonds. The van der Waals surface area contributed by atoms with Gasteiger partial charge in [-0.25, -0.2) is 9.48 Å². The van der Waals surface area contributed by atoms with Gasteiger partial charge in [-0.2, -0.15) is 13.9 Å². The van der Waals surface area contributed by atoms with Gasteiger partial charge >= 0.3 is 12.6 Å². The molecule has 1 saturated heterocycles. The maximum absolute atomic E-state index is 12.1. The molecule has 1 aromatic heterocycles. The van der Waals surface area contributed by atoms with Crippen LogP contribution in [0.2, 0.25) is 0 Å². The Morgan fingerprint density at radius 1 is 1.65 bits per heavy atom. The number of aryl methyl sites for hydroxylation is 1. The van der Waals surface area contributed by atoms with E-state index in [2.05, 4.69) is 15.2 Å². The minimum absolute atomic E-state index is 0.0200. The largest absolute Gasteiger partial charge is 0.459 e. The fourth-order valence-corrected chi connectivity index (χ4v) is 1.80. The number of aromatic nitrogens is 2. The van der Waals surface area contributed by atoms with Crippen LogP contribution in [0.25, 0.3) is 0 Å². The molecular weight excluding hydrogens is 276 g/mol. The molecule has 2 rings (SSSR count). The number of carbonyl (C=O) groups is 2. The molecule has 0 spiro atoms. The molecule has 20 heavy (non-hydrogen) atoms. The van der Waals surface area contributed by atoms with Crippen molar-refractivity contribution in [3.63, 3.8) is 0 Å². The SMILES string of the molecule is Cn1nc(C(=O)OC[C@H]2CCC(=O)N2)cc1OC(F)F. The lowest BCUT2D eigenvalue weighted by Gasteiger charge is -2.09. The van der Waals surface area contributed by atoms with Crippen LogP contribution in [-0.2, 0) is 16.6 Å². The van der Waals surface area contributed by atoms with E-state index >= 15 is 0 Å². The maximum atomic E-state index is 12.1. The van der Waals surface area contributed by atoms with Crippen molar-refractivity contribution in [2.75, 3.05) is 6.61 Å². The Bertz CT molecular complexity index is 518. The van der Waals surface area contributed by atoms with Crippen LogP contribution in [0.4, 0.5) is 8.78 Å². The van der Waals surface area contributed by atoms with Crippen LogP contribution in [0, 0.1) is 0 Å². The second kappa shape index (κ2) is 5.85. The van der Waals surface area contributed by atoms with E-state index in [1.54, 1.807) is 0 Å². The summed E-state index contributed by atoms with van der Waals surface area (Å²) >= 11 is 0. The first-order chi connectivity index (χ1) is 9.45. The van der Waals surface area contributed by atoms with E-state index in [1.165, 1.54) is 7.05 Å². The molecule has 1 fully saturated rings. The summed E-state index contributed by atoms with van der Waals surface area (Å²) in [7, 11) is 1.37. The summed E-state index contributed by atoms with van der Waals surface area (Å²) in [4.78, 5) is 22.6. The van der Waals surface area contributed by atoms with Crippen LogP contribution in [0.3, 0.4) is 0 Å². The van der Waals surface area contributed by atoms with Gasteiger partial charge in [0.25, 0.3) is 0 Å². The van der Waals surface area contributed by atoms with Crippen molar-refractivity contribution in [1.29, 1.82) is 0 Å². The first kappa shape index (κ1) is 14.2. The smallest absolute Gasteiger partial charge is 0.388 e. The zero-order valence-electron chi connectivity index (χ0n) is 10.6. The van der Waals surface area contributed by atoms with Crippen molar-refractivity contribution in [1.82, 2.24) is 15.1 Å². The lowest BCUT2D eigenvalue weighted by atomic mass is 10.2. The number of esters is 1. The van der Waals surface area contributed by atoms with Gasteiger partial charge in [-0.15, -0.1) is 0 Å². The molecule has 0 unspecified atom stereocenters. The number of rotatable bonds is 5. The van der Waals surface area contributed by atoms with Gasteiger partial charge in [0.2, 0.25) is 11.8 Å². The number of nitrogens with zero attached hydrogens (tertiary/aromatic N) is 2. The summed E-state index contributed by atoms with van der Waals surface area (Å²) in [6, 6.07) is 0.855. The van der Waals surface area contributed by atoms with Gasteiger partial charge in [0.05, 0.1) is 6.04 Å². The van der Waals surface area contributed by atoms with Crippen molar-refractivity contribution in [3.8, 4) is 5.88 Å². The van der Waals surface area contributed by atoms with Crippen LogP contribution in [0.5, 0.6) is 5.88 Å². The maximum Gasteiger partial charge on any atom is 0.388 e. The van der Waals surface area contributed by atoms with Crippen LogP contribution in [-0.4, -0.2) is 40.9 Å². The van der Waals surface area contributed by atoms with Gasteiger partial charge in [0.15, 0.2) is 5.69 Å². The number of ether oxygens (including phenoxy) is 2. The average Bonchev–Trinajstić information content (AvgIpc) is 2.93. The summed E-state index contributed by atoms with van der Waals surface area (Å²) in [5.41, 5.74) is -0.132. The fraction of sp³-hybridized carbons (Fsp3) is 0.545. The highest BCUT2D eigenvalue weighted by atomic mass is 19.3. The lowest BCUT2D eigenvalue weighted by molar-refractivity contribution is -0.119. The normalized spacial score (nSPS) is 18.2. The second-order valence-corrected chi connectivity index (χ2v) is 4.27. The number of hydrogen-bond acceptors (Lipinski definition) is 5. The van der Waals surface area contributed by atoms with Gasteiger partial charge in [-0.3, -0.25) is 4.79 Å². The first-order valence-electron chi connectivity index (χ1n) is 5.91. The van der Waals surface area contributed by atoms with Crippen molar-refractivity contribution >= 4 is 11.9 Å². The fourth-order valence-electron chi connectivity index (χ4n) is 1.80. The molecule has 1 aliphatic heterocycles. The van der Waals surface area contributed by atoms with Gasteiger partial charge in [-0.05, 0) is 6.42 Å². The number of carbonyl (C=O) groups excluding carboxylic acids is 2. The molecule has 0 bridgehead atoms. The Labute approximate surface area is 112 Å². The Hall–Kier alpha value is -2.19. The van der Waals surface area contributed by atoms with Crippen molar-refractivity contribution < 1.29 is 27.8 Å². The third-order valence-electron chi connectivity index (χ3n) is 2.76. The van der Waals surface area contributed by atoms with E-state index in [0.717, 1.165) is 10.7 Å². The predicted molar refractivity (Wildman–Crippen MR) is 61.3 cm³/mol. The minimum Gasteiger partial charge on any atom is -0.459 e. The number of alkyl halides is 2. The predicted octanol–water partition coefficient (Wildman–Crippen LogP) is 0.457. The van der Waals surface area contributed by atoms with Gasteiger partial charge in [0.1, 0.15) is 6.61 Å². The quantitative estimate of drug-likeness (QED) is 0.796. The molecule has 1 aromatic rings. The van der Waals surface area contributed by atoms with E-state index in [1.807, 2.05) is 0 Å². The number of nitrogens with one attached hydrogen (secondary N) is 1. The van der Waals surface area contributed by atoms with E-state index in [-0.39, 0.29) is 30.1 Å². The standard InChI is InChI=1S/C11H13F2N3O4/c1-16-9(20-11(12)13)4-7(15-16)10(18)19-5-6-2-3-8(17)14-6/h4,6,11H,2-3,5H2,1H3,(H,14,17)/t6-/m1/s1. The Morgan fingerprint density at radius 2 is 2.40 bits per heavy atom. The van der Waals surface area contributed by atoms with Crippen LogP contribution in [0.1, 0.15) is 23.3 Å². The molecule has 1 N–H and O–H groups in total. The van der Waals surface area contributed by atoms with Gasteiger partial charge < -0.3 is 14.8 Å². The topological polar surface area (TPSA) is 82.5 Å². The summed E-state index contributed by atoms with van der Waals surface area (Å²) < 4.78 is 34.3. The Kier molecular flexibility index (Phi) is 4.16. The third kappa shape index (κ3) is 3.43. The van der Waals surface area contributed by atoms with E-state index < -0.39 is 12.6 Å². The molecular formula is C11H13F2N3O4. The highest BCUT2D eigenvalue weighted by molar-refractivity contribution is 5.87. The van der Waals surface area contributed by atoms with Gasteiger partial charge in [0, 0.05) is 19.5 Å². The number of hydrogen-bond donors (Lipinski definition) is 1. The summed E-state index contributed by atoms with van der Waals surface area (Å²) in [6.07, 6.45) is 0.992.